The summed E-state index contributed by atoms with van der Waals surface area (Å²) in [6.45, 7) is 1.01. The van der Waals surface area contributed by atoms with Crippen molar-refractivity contribution in [2.45, 2.75) is 13.0 Å². The van der Waals surface area contributed by atoms with Crippen molar-refractivity contribution >= 4 is 32.9 Å². The largest absolute Gasteiger partial charge is 0.384 e. The molecular formula is C15H15BrFN5O. The third-order valence-corrected chi connectivity index (χ3v) is 4.01. The molecular weight excluding hydrogens is 365 g/mol. The minimum absolute atomic E-state index is 0.267. The Kier molecular flexibility index (Phi) is 4.53. The van der Waals surface area contributed by atoms with Crippen LogP contribution in [-0.2, 0) is 17.7 Å². The van der Waals surface area contributed by atoms with Gasteiger partial charge in [-0.25, -0.2) is 19.3 Å². The van der Waals surface area contributed by atoms with Gasteiger partial charge in [-0.3, -0.25) is 4.57 Å². The minimum Gasteiger partial charge on any atom is -0.384 e. The van der Waals surface area contributed by atoms with E-state index < -0.39 is 0 Å². The highest BCUT2D eigenvalue weighted by atomic mass is 79.9. The molecule has 120 valence electrons. The summed E-state index contributed by atoms with van der Waals surface area (Å²) in [4.78, 5) is 13.2. The van der Waals surface area contributed by atoms with Gasteiger partial charge in [0.1, 0.15) is 11.6 Å². The molecule has 2 aromatic heterocycles. The summed E-state index contributed by atoms with van der Waals surface area (Å²) in [5.74, 6) is 0.668. The van der Waals surface area contributed by atoms with Crippen LogP contribution < -0.4 is 5.73 Å². The quantitative estimate of drug-likeness (QED) is 0.689. The smallest absolute Gasteiger partial charge is 0.179 e. The van der Waals surface area contributed by atoms with E-state index in [1.165, 1.54) is 12.1 Å². The third kappa shape index (κ3) is 3.32. The van der Waals surface area contributed by atoms with Crippen LogP contribution in [0.1, 0.15) is 11.4 Å². The summed E-state index contributed by atoms with van der Waals surface area (Å²) in [7, 11) is 1.62. The molecule has 1 aromatic carbocycles. The SMILES string of the molecule is COCCc1nc(N)c2nc(Br)n(Cc3ccc(F)cc3)c2n1. The molecule has 0 bridgehead atoms. The normalized spacial score (nSPS) is 11.3. The van der Waals surface area contributed by atoms with Crippen molar-refractivity contribution in [3.05, 3.63) is 46.2 Å². The predicted molar refractivity (Wildman–Crippen MR) is 88.5 cm³/mol. The Hall–Kier alpha value is -2.06. The molecule has 0 radical (unpaired) electrons. The molecule has 0 unspecified atom stereocenters. The number of halogens is 2. The van der Waals surface area contributed by atoms with Crippen LogP contribution in [0.25, 0.3) is 11.2 Å². The lowest BCUT2D eigenvalue weighted by Gasteiger charge is -2.07. The number of fused-ring (bicyclic) bond motifs is 1. The molecule has 0 aliphatic carbocycles. The number of hydrogen-bond donors (Lipinski definition) is 1. The number of aromatic nitrogens is 4. The molecule has 2 heterocycles. The molecule has 6 nitrogen and oxygen atoms in total. The second-order valence-electron chi connectivity index (χ2n) is 5.03. The lowest BCUT2D eigenvalue weighted by Crippen LogP contribution is -2.07. The van der Waals surface area contributed by atoms with Crippen molar-refractivity contribution in [3.63, 3.8) is 0 Å². The number of hydrogen-bond acceptors (Lipinski definition) is 5. The Morgan fingerprint density at radius 3 is 2.65 bits per heavy atom. The maximum Gasteiger partial charge on any atom is 0.179 e. The second kappa shape index (κ2) is 6.59. The molecule has 2 N–H and O–H groups in total. The standard InChI is InChI=1S/C15H15BrFN5O/c1-23-7-6-11-19-13(18)12-14(20-11)22(15(16)21-12)8-9-2-4-10(17)5-3-9/h2-5H,6-8H2,1H3,(H2,18,19,20). The summed E-state index contributed by atoms with van der Waals surface area (Å²) in [5.41, 5.74) is 8.10. The maximum absolute atomic E-state index is 13.0. The number of nitrogen functional groups attached to an aromatic ring is 1. The Bertz CT molecular complexity index is 834. The molecule has 3 aromatic rings. The fourth-order valence-electron chi connectivity index (χ4n) is 2.26. The maximum atomic E-state index is 13.0. The van der Waals surface area contributed by atoms with Gasteiger partial charge in [0.05, 0.1) is 13.2 Å². The van der Waals surface area contributed by atoms with E-state index in [1.807, 2.05) is 4.57 Å². The van der Waals surface area contributed by atoms with Gasteiger partial charge in [0.15, 0.2) is 21.7 Å². The monoisotopic (exact) mass is 379 g/mol. The average Bonchev–Trinajstić information content (AvgIpc) is 2.84. The van der Waals surface area contributed by atoms with E-state index in [-0.39, 0.29) is 5.82 Å². The van der Waals surface area contributed by atoms with Crippen molar-refractivity contribution in [2.75, 3.05) is 19.5 Å². The van der Waals surface area contributed by atoms with Crippen LogP contribution in [0.5, 0.6) is 0 Å². The first kappa shape index (κ1) is 15.8. The predicted octanol–water partition coefficient (Wildman–Crippen LogP) is 2.55. The van der Waals surface area contributed by atoms with Crippen LogP contribution in [0.3, 0.4) is 0 Å². The van der Waals surface area contributed by atoms with Gasteiger partial charge in [-0.2, -0.15) is 0 Å². The van der Waals surface area contributed by atoms with Gasteiger partial charge >= 0.3 is 0 Å². The zero-order valence-corrected chi connectivity index (χ0v) is 14.0. The summed E-state index contributed by atoms with van der Waals surface area (Å²) < 4.78 is 20.6. The first-order chi connectivity index (χ1) is 11.1. The van der Waals surface area contributed by atoms with E-state index in [2.05, 4.69) is 30.9 Å². The Morgan fingerprint density at radius 2 is 1.96 bits per heavy atom. The van der Waals surface area contributed by atoms with Crippen molar-refractivity contribution in [3.8, 4) is 0 Å². The number of rotatable bonds is 5. The van der Waals surface area contributed by atoms with Crippen molar-refractivity contribution in [1.29, 1.82) is 0 Å². The second-order valence-corrected chi connectivity index (χ2v) is 5.74. The van der Waals surface area contributed by atoms with Crippen molar-refractivity contribution in [2.24, 2.45) is 0 Å². The molecule has 0 aliphatic heterocycles. The van der Waals surface area contributed by atoms with Crippen molar-refractivity contribution < 1.29 is 9.13 Å². The number of imidazole rings is 1. The van der Waals surface area contributed by atoms with Gasteiger partial charge in [-0.05, 0) is 33.6 Å². The lowest BCUT2D eigenvalue weighted by molar-refractivity contribution is 0.200. The highest BCUT2D eigenvalue weighted by Crippen LogP contribution is 2.23. The highest BCUT2D eigenvalue weighted by molar-refractivity contribution is 9.10. The number of nitrogens with zero attached hydrogens (tertiary/aromatic N) is 4. The third-order valence-electron chi connectivity index (χ3n) is 3.41. The number of benzene rings is 1. The fraction of sp³-hybridized carbons (Fsp3) is 0.267. The molecule has 8 heteroatoms. The molecule has 0 saturated carbocycles. The topological polar surface area (TPSA) is 78.9 Å². The van der Waals surface area contributed by atoms with E-state index in [1.54, 1.807) is 19.2 Å². The van der Waals surface area contributed by atoms with Crippen LogP contribution in [0, 0.1) is 5.82 Å². The van der Waals surface area contributed by atoms with Gasteiger partial charge in [0.25, 0.3) is 0 Å². The molecule has 23 heavy (non-hydrogen) atoms. The van der Waals surface area contributed by atoms with E-state index in [4.69, 9.17) is 10.5 Å². The van der Waals surface area contributed by atoms with E-state index in [9.17, 15) is 4.39 Å². The molecule has 3 rings (SSSR count). The highest BCUT2D eigenvalue weighted by Gasteiger charge is 2.15. The van der Waals surface area contributed by atoms with Gasteiger partial charge in [0, 0.05) is 13.5 Å². The van der Waals surface area contributed by atoms with E-state index in [0.717, 1.165) is 5.56 Å². The Balaban J connectivity index is 2.02. The molecule has 0 amide bonds. The molecule has 0 spiro atoms. The van der Waals surface area contributed by atoms with Crippen molar-refractivity contribution in [1.82, 2.24) is 19.5 Å². The Morgan fingerprint density at radius 1 is 1.22 bits per heavy atom. The number of methoxy groups -OCH3 is 1. The molecule has 0 saturated heterocycles. The van der Waals surface area contributed by atoms with Gasteiger partial charge in [-0.15, -0.1) is 0 Å². The van der Waals surface area contributed by atoms with E-state index >= 15 is 0 Å². The molecule has 0 atom stereocenters. The zero-order chi connectivity index (χ0) is 16.4. The van der Waals surface area contributed by atoms with Crippen LogP contribution in [0.2, 0.25) is 0 Å². The first-order valence-corrected chi connectivity index (χ1v) is 7.79. The van der Waals surface area contributed by atoms with Crippen LogP contribution in [0.4, 0.5) is 10.2 Å². The van der Waals surface area contributed by atoms with Crippen LogP contribution in [0.15, 0.2) is 29.0 Å². The summed E-state index contributed by atoms with van der Waals surface area (Å²) in [6.07, 6.45) is 0.565. The van der Waals surface area contributed by atoms with E-state index in [0.29, 0.717) is 47.1 Å². The van der Waals surface area contributed by atoms with Gasteiger partial charge < -0.3 is 10.5 Å². The fourth-order valence-corrected chi connectivity index (χ4v) is 2.73. The summed E-state index contributed by atoms with van der Waals surface area (Å²) >= 11 is 3.42. The molecule has 0 fully saturated rings. The number of nitrogens with two attached hydrogens (primary N) is 1. The summed E-state index contributed by atoms with van der Waals surface area (Å²) in [6, 6.07) is 6.30. The van der Waals surface area contributed by atoms with Gasteiger partial charge in [-0.1, -0.05) is 12.1 Å². The Labute approximate surface area is 140 Å². The number of ether oxygens (including phenoxy) is 1. The average molecular weight is 380 g/mol. The van der Waals surface area contributed by atoms with Crippen LogP contribution in [-0.4, -0.2) is 33.2 Å². The summed E-state index contributed by atoms with van der Waals surface area (Å²) in [5, 5.41) is 0. The molecule has 0 aliphatic rings. The lowest BCUT2D eigenvalue weighted by atomic mass is 10.2. The minimum atomic E-state index is -0.267. The number of anilines is 1. The first-order valence-electron chi connectivity index (χ1n) is 7.00. The van der Waals surface area contributed by atoms with Crippen LogP contribution >= 0.6 is 15.9 Å². The van der Waals surface area contributed by atoms with Gasteiger partial charge in [0.2, 0.25) is 0 Å². The zero-order valence-electron chi connectivity index (χ0n) is 12.5.